The zero-order valence-electron chi connectivity index (χ0n) is 5.25. The van der Waals surface area contributed by atoms with Crippen LogP contribution in [0.2, 0.25) is 0 Å². The van der Waals surface area contributed by atoms with Gasteiger partial charge in [0.1, 0.15) is 0 Å². The Morgan fingerprint density at radius 2 is 1.91 bits per heavy atom. The summed E-state index contributed by atoms with van der Waals surface area (Å²) in [5, 5.41) is 10.3. The Kier molecular flexibility index (Phi) is 3.05. The summed E-state index contributed by atoms with van der Waals surface area (Å²) in [5.74, 6) is 0. The van der Waals surface area contributed by atoms with Gasteiger partial charge in [0.05, 0.1) is 4.92 Å². The van der Waals surface area contributed by atoms with Crippen molar-refractivity contribution in [1.29, 1.82) is 0 Å². The summed E-state index contributed by atoms with van der Waals surface area (Å²) < 4.78 is 1.95. The Bertz CT molecular complexity index is 301. The topological polar surface area (TPSA) is 43.1 Å². The Labute approximate surface area is 90.6 Å². The average molecular weight is 375 g/mol. The second-order valence-corrected chi connectivity index (χ2v) is 4.18. The highest BCUT2D eigenvalue weighted by molar-refractivity contribution is 14.1. The molecule has 0 aliphatic carbocycles. The van der Waals surface area contributed by atoms with E-state index in [4.69, 9.17) is 0 Å². The highest BCUT2D eigenvalue weighted by Crippen LogP contribution is 2.20. The summed E-state index contributed by atoms with van der Waals surface area (Å²) in [4.78, 5) is 9.87. The van der Waals surface area contributed by atoms with E-state index >= 15 is 0 Å². The first-order chi connectivity index (χ1) is 5.11. The molecule has 0 spiro atoms. The van der Waals surface area contributed by atoms with E-state index in [1.54, 1.807) is 12.1 Å². The Balaban J connectivity index is 3.15. The first-order valence-electron chi connectivity index (χ1n) is 2.70. The van der Waals surface area contributed by atoms with Crippen LogP contribution >= 0.6 is 45.2 Å². The summed E-state index contributed by atoms with van der Waals surface area (Å²) in [6.45, 7) is 0. The van der Waals surface area contributed by atoms with Crippen LogP contribution < -0.4 is 0 Å². The molecule has 0 amide bonds. The van der Waals surface area contributed by atoms with Crippen molar-refractivity contribution in [2.24, 2.45) is 0 Å². The molecule has 0 unspecified atom stereocenters. The monoisotopic (exact) mass is 375 g/mol. The molecular weight excluding hydrogens is 372 g/mol. The van der Waals surface area contributed by atoms with Crippen LogP contribution in [0.3, 0.4) is 0 Å². The highest BCUT2D eigenvalue weighted by Gasteiger charge is 2.06. The summed E-state index contributed by atoms with van der Waals surface area (Å²) in [6.07, 6.45) is 0. The lowest BCUT2D eigenvalue weighted by atomic mass is 10.3. The van der Waals surface area contributed by atoms with Gasteiger partial charge >= 0.3 is 0 Å². The molecule has 0 saturated heterocycles. The first kappa shape index (κ1) is 9.17. The lowest BCUT2D eigenvalue weighted by molar-refractivity contribution is -0.385. The Morgan fingerprint density at radius 1 is 1.27 bits per heavy atom. The van der Waals surface area contributed by atoms with Crippen LogP contribution in [0.4, 0.5) is 5.69 Å². The van der Waals surface area contributed by atoms with Crippen LogP contribution in [-0.2, 0) is 0 Å². The van der Waals surface area contributed by atoms with Crippen LogP contribution in [0.25, 0.3) is 0 Å². The van der Waals surface area contributed by atoms with Gasteiger partial charge in [0.2, 0.25) is 0 Å². The smallest absolute Gasteiger partial charge is 0.258 e. The van der Waals surface area contributed by atoms with Gasteiger partial charge < -0.3 is 0 Å². The quantitative estimate of drug-likeness (QED) is 0.431. The lowest BCUT2D eigenvalue weighted by Gasteiger charge is -1.94. The van der Waals surface area contributed by atoms with Crippen LogP contribution in [0.15, 0.2) is 18.2 Å². The number of halogens is 2. The van der Waals surface area contributed by atoms with Gasteiger partial charge in [-0.05, 0) is 51.2 Å². The molecule has 0 aliphatic rings. The van der Waals surface area contributed by atoms with Crippen LogP contribution in [0.5, 0.6) is 0 Å². The van der Waals surface area contributed by atoms with Gasteiger partial charge in [-0.25, -0.2) is 0 Å². The molecule has 5 heteroatoms. The van der Waals surface area contributed by atoms with Crippen molar-refractivity contribution in [2.75, 3.05) is 0 Å². The number of non-ortho nitro benzene ring substituents is 1. The van der Waals surface area contributed by atoms with Crippen LogP contribution in [0.1, 0.15) is 0 Å². The molecule has 0 aliphatic heterocycles. The molecule has 11 heavy (non-hydrogen) atoms. The van der Waals surface area contributed by atoms with E-state index in [0.29, 0.717) is 0 Å². The lowest BCUT2D eigenvalue weighted by Crippen LogP contribution is -1.89. The highest BCUT2D eigenvalue weighted by atomic mass is 127. The number of benzene rings is 1. The van der Waals surface area contributed by atoms with Crippen molar-refractivity contribution in [3.63, 3.8) is 0 Å². The minimum atomic E-state index is -0.391. The molecule has 1 aromatic rings. The second kappa shape index (κ2) is 3.65. The fourth-order valence-electron chi connectivity index (χ4n) is 0.599. The summed E-state index contributed by atoms with van der Waals surface area (Å²) in [7, 11) is 0. The van der Waals surface area contributed by atoms with Gasteiger partial charge in [-0.3, -0.25) is 10.1 Å². The Morgan fingerprint density at radius 3 is 2.36 bits per heavy atom. The maximum Gasteiger partial charge on any atom is 0.270 e. The van der Waals surface area contributed by atoms with Gasteiger partial charge in [-0.1, -0.05) is 0 Å². The largest absolute Gasteiger partial charge is 0.270 e. The number of nitro groups is 1. The van der Waals surface area contributed by atoms with Crippen molar-refractivity contribution in [3.8, 4) is 0 Å². The summed E-state index contributed by atoms with van der Waals surface area (Å²) in [6, 6.07) is 4.80. The van der Waals surface area contributed by atoms with Crippen molar-refractivity contribution < 1.29 is 4.92 Å². The van der Waals surface area contributed by atoms with E-state index in [2.05, 4.69) is 45.2 Å². The molecule has 0 N–H and O–H groups in total. The third-order valence-corrected chi connectivity index (χ3v) is 3.98. The predicted molar refractivity (Wildman–Crippen MR) is 58.5 cm³/mol. The zero-order chi connectivity index (χ0) is 8.43. The first-order valence-corrected chi connectivity index (χ1v) is 4.86. The molecule has 0 aromatic heterocycles. The second-order valence-electron chi connectivity index (χ2n) is 1.86. The van der Waals surface area contributed by atoms with E-state index in [1.165, 1.54) is 6.07 Å². The number of rotatable bonds is 1. The van der Waals surface area contributed by atoms with E-state index in [0.717, 1.165) is 7.14 Å². The van der Waals surface area contributed by atoms with Gasteiger partial charge in [-0.15, -0.1) is 0 Å². The molecule has 0 atom stereocenters. The molecule has 0 heterocycles. The number of hydrogen-bond acceptors (Lipinski definition) is 2. The third-order valence-electron chi connectivity index (χ3n) is 1.11. The average Bonchev–Trinajstić information content (AvgIpc) is 1.94. The van der Waals surface area contributed by atoms with Crippen molar-refractivity contribution in [2.45, 2.75) is 0 Å². The zero-order valence-corrected chi connectivity index (χ0v) is 9.57. The normalized spacial score (nSPS) is 9.64. The van der Waals surface area contributed by atoms with Crippen LogP contribution in [0, 0.1) is 17.3 Å². The molecule has 0 bridgehead atoms. The standard InChI is InChI=1S/C6H3I2NO2/c7-5-2-1-4(9(10)11)3-6(5)8/h1-3H. The van der Waals surface area contributed by atoms with Crippen molar-refractivity contribution in [1.82, 2.24) is 0 Å². The van der Waals surface area contributed by atoms with Gasteiger partial charge in [0.25, 0.3) is 5.69 Å². The fourth-order valence-corrected chi connectivity index (χ4v) is 1.43. The van der Waals surface area contributed by atoms with E-state index in [1.807, 2.05) is 0 Å². The molecule has 1 aromatic carbocycles. The number of hydrogen-bond donors (Lipinski definition) is 0. The number of nitro benzene ring substituents is 1. The molecular formula is C6H3I2NO2. The molecule has 0 saturated carbocycles. The van der Waals surface area contributed by atoms with Crippen LogP contribution in [-0.4, -0.2) is 4.92 Å². The van der Waals surface area contributed by atoms with E-state index in [-0.39, 0.29) is 5.69 Å². The minimum Gasteiger partial charge on any atom is -0.258 e. The molecule has 0 radical (unpaired) electrons. The van der Waals surface area contributed by atoms with Gasteiger partial charge in [0, 0.05) is 19.3 Å². The molecule has 0 fully saturated rings. The maximum atomic E-state index is 10.3. The van der Waals surface area contributed by atoms with E-state index in [9.17, 15) is 10.1 Å². The molecule has 3 nitrogen and oxygen atoms in total. The molecule has 1 rings (SSSR count). The minimum absolute atomic E-state index is 0.148. The predicted octanol–water partition coefficient (Wildman–Crippen LogP) is 2.80. The van der Waals surface area contributed by atoms with E-state index < -0.39 is 4.92 Å². The number of nitrogens with zero attached hydrogens (tertiary/aromatic N) is 1. The molecule has 58 valence electrons. The summed E-state index contributed by atoms with van der Waals surface area (Å²) >= 11 is 4.21. The summed E-state index contributed by atoms with van der Waals surface area (Å²) in [5.41, 5.74) is 0.148. The SMILES string of the molecule is O=[N+]([O-])c1ccc(I)c(I)c1. The third kappa shape index (κ3) is 2.26. The Hall–Kier alpha value is 0.0800. The fraction of sp³-hybridized carbons (Fsp3) is 0. The van der Waals surface area contributed by atoms with Crippen molar-refractivity contribution in [3.05, 3.63) is 35.5 Å². The van der Waals surface area contributed by atoms with Gasteiger partial charge in [-0.2, -0.15) is 0 Å². The van der Waals surface area contributed by atoms with Crippen molar-refractivity contribution >= 4 is 50.9 Å². The van der Waals surface area contributed by atoms with Gasteiger partial charge in [0.15, 0.2) is 0 Å². The maximum absolute atomic E-state index is 10.3.